The first-order valence-electron chi connectivity index (χ1n) is 8.55. The van der Waals surface area contributed by atoms with Crippen molar-refractivity contribution in [3.05, 3.63) is 59.7 Å². The largest absolute Gasteiger partial charge is 0.339 e. The second kappa shape index (κ2) is 6.37. The molecule has 1 aliphatic heterocycles. The molecule has 1 fully saturated rings. The quantitative estimate of drug-likeness (QED) is 0.860. The third kappa shape index (κ3) is 3.63. The summed E-state index contributed by atoms with van der Waals surface area (Å²) in [6.07, 6.45) is -0.538. The van der Waals surface area contributed by atoms with Crippen LogP contribution in [0, 0.1) is 6.92 Å². The maximum atomic E-state index is 12.6. The van der Waals surface area contributed by atoms with E-state index in [1.54, 1.807) is 42.5 Å². The molecule has 0 bridgehead atoms. The van der Waals surface area contributed by atoms with Crippen LogP contribution in [0.4, 0.5) is 5.69 Å². The molecule has 0 aromatic heterocycles. The van der Waals surface area contributed by atoms with Crippen molar-refractivity contribution in [2.45, 2.75) is 57.0 Å². The van der Waals surface area contributed by atoms with Gasteiger partial charge < -0.3 is 9.47 Å². The molecule has 6 heteroatoms. The SMILES string of the molecule is Cc1ccc(S(=O)(=O)Nc2cccc(C3OC(C)(C)C(C)(C)O3)c2)cc1. The van der Waals surface area contributed by atoms with Crippen LogP contribution in [0.15, 0.2) is 53.4 Å². The second-order valence-electron chi connectivity index (χ2n) is 7.63. The van der Waals surface area contributed by atoms with Crippen LogP contribution in [-0.2, 0) is 19.5 Å². The number of sulfonamides is 1. The van der Waals surface area contributed by atoms with E-state index >= 15 is 0 Å². The molecule has 26 heavy (non-hydrogen) atoms. The van der Waals surface area contributed by atoms with E-state index in [0.717, 1.165) is 11.1 Å². The van der Waals surface area contributed by atoms with Crippen molar-refractivity contribution >= 4 is 15.7 Å². The number of hydrogen-bond donors (Lipinski definition) is 1. The predicted molar refractivity (Wildman–Crippen MR) is 101 cm³/mol. The highest BCUT2D eigenvalue weighted by atomic mass is 32.2. The molecule has 1 N–H and O–H groups in total. The van der Waals surface area contributed by atoms with E-state index in [-0.39, 0.29) is 4.90 Å². The van der Waals surface area contributed by atoms with E-state index in [1.807, 2.05) is 40.7 Å². The first-order chi connectivity index (χ1) is 12.0. The van der Waals surface area contributed by atoms with Gasteiger partial charge in [0.2, 0.25) is 0 Å². The van der Waals surface area contributed by atoms with Crippen molar-refractivity contribution in [3.63, 3.8) is 0 Å². The van der Waals surface area contributed by atoms with Gasteiger partial charge in [0.05, 0.1) is 16.1 Å². The summed E-state index contributed by atoms with van der Waals surface area (Å²) in [6.45, 7) is 9.85. The number of aryl methyl sites for hydroxylation is 1. The molecular weight excluding hydrogens is 350 g/mol. The number of hydrogen-bond acceptors (Lipinski definition) is 4. The Labute approximate surface area is 155 Å². The van der Waals surface area contributed by atoms with Crippen molar-refractivity contribution in [3.8, 4) is 0 Å². The summed E-state index contributed by atoms with van der Waals surface area (Å²) in [7, 11) is -3.65. The summed E-state index contributed by atoms with van der Waals surface area (Å²) in [4.78, 5) is 0.226. The summed E-state index contributed by atoms with van der Waals surface area (Å²) in [5, 5.41) is 0. The molecule has 0 radical (unpaired) electrons. The third-order valence-electron chi connectivity index (χ3n) is 5.00. The van der Waals surface area contributed by atoms with Crippen molar-refractivity contribution in [1.82, 2.24) is 0 Å². The van der Waals surface area contributed by atoms with Gasteiger partial charge in [-0.1, -0.05) is 29.8 Å². The van der Waals surface area contributed by atoms with Crippen molar-refractivity contribution in [1.29, 1.82) is 0 Å². The van der Waals surface area contributed by atoms with Crippen molar-refractivity contribution in [2.75, 3.05) is 4.72 Å². The maximum Gasteiger partial charge on any atom is 0.261 e. The lowest BCUT2D eigenvalue weighted by molar-refractivity contribution is -0.0895. The topological polar surface area (TPSA) is 64.6 Å². The van der Waals surface area contributed by atoms with Gasteiger partial charge in [0.25, 0.3) is 10.0 Å². The van der Waals surface area contributed by atoms with E-state index in [9.17, 15) is 8.42 Å². The number of ether oxygens (including phenoxy) is 2. The van der Waals surface area contributed by atoms with E-state index in [0.29, 0.717) is 5.69 Å². The molecule has 1 aliphatic rings. The maximum absolute atomic E-state index is 12.6. The van der Waals surface area contributed by atoms with Gasteiger partial charge in [0.15, 0.2) is 6.29 Å². The zero-order valence-corrected chi connectivity index (χ0v) is 16.6. The fraction of sp³-hybridized carbons (Fsp3) is 0.400. The average molecular weight is 375 g/mol. The first kappa shape index (κ1) is 18.9. The normalized spacial score (nSPS) is 19.4. The molecule has 2 aromatic carbocycles. The highest BCUT2D eigenvalue weighted by Gasteiger charge is 2.49. The van der Waals surface area contributed by atoms with Crippen LogP contribution in [0.1, 0.15) is 45.1 Å². The van der Waals surface area contributed by atoms with E-state index in [2.05, 4.69) is 4.72 Å². The molecular formula is C20H25NO4S. The molecule has 140 valence electrons. The lowest BCUT2D eigenvalue weighted by Crippen LogP contribution is -2.41. The van der Waals surface area contributed by atoms with Crippen LogP contribution in [0.3, 0.4) is 0 Å². The molecule has 5 nitrogen and oxygen atoms in total. The molecule has 2 aromatic rings. The Balaban J connectivity index is 1.83. The average Bonchev–Trinajstić information content (AvgIpc) is 2.76. The molecule has 3 rings (SSSR count). The highest BCUT2D eigenvalue weighted by Crippen LogP contribution is 2.45. The lowest BCUT2D eigenvalue weighted by atomic mass is 9.90. The number of nitrogens with one attached hydrogen (secondary N) is 1. The summed E-state index contributed by atoms with van der Waals surface area (Å²) < 4.78 is 39.8. The van der Waals surface area contributed by atoms with Crippen LogP contribution in [0.25, 0.3) is 0 Å². The Bertz CT molecular complexity index is 886. The molecule has 0 saturated carbocycles. The minimum atomic E-state index is -3.65. The van der Waals surface area contributed by atoms with Crippen LogP contribution in [0.5, 0.6) is 0 Å². The smallest absolute Gasteiger partial charge is 0.261 e. The van der Waals surface area contributed by atoms with Crippen LogP contribution in [0.2, 0.25) is 0 Å². The van der Waals surface area contributed by atoms with Gasteiger partial charge in [0, 0.05) is 11.3 Å². The van der Waals surface area contributed by atoms with E-state index < -0.39 is 27.5 Å². The van der Waals surface area contributed by atoms with Crippen molar-refractivity contribution in [2.24, 2.45) is 0 Å². The molecule has 0 unspecified atom stereocenters. The molecule has 0 atom stereocenters. The summed E-state index contributed by atoms with van der Waals surface area (Å²) in [5.74, 6) is 0. The van der Waals surface area contributed by atoms with E-state index in [4.69, 9.17) is 9.47 Å². The van der Waals surface area contributed by atoms with Crippen molar-refractivity contribution < 1.29 is 17.9 Å². The number of rotatable bonds is 4. The van der Waals surface area contributed by atoms with Gasteiger partial charge in [-0.2, -0.15) is 0 Å². The van der Waals surface area contributed by atoms with Gasteiger partial charge in [-0.15, -0.1) is 0 Å². The fourth-order valence-electron chi connectivity index (χ4n) is 2.66. The van der Waals surface area contributed by atoms with E-state index in [1.165, 1.54) is 0 Å². The monoisotopic (exact) mass is 375 g/mol. The predicted octanol–water partition coefficient (Wildman–Crippen LogP) is 4.40. The van der Waals surface area contributed by atoms with Gasteiger partial charge in [-0.05, 0) is 58.9 Å². The zero-order chi connectivity index (χ0) is 19.2. The third-order valence-corrected chi connectivity index (χ3v) is 6.39. The van der Waals surface area contributed by atoms with Crippen LogP contribution in [-0.4, -0.2) is 19.6 Å². The minimum absolute atomic E-state index is 0.226. The summed E-state index contributed by atoms with van der Waals surface area (Å²) in [5.41, 5.74) is 1.35. The molecule has 0 aliphatic carbocycles. The second-order valence-corrected chi connectivity index (χ2v) is 9.31. The lowest BCUT2D eigenvalue weighted by Gasteiger charge is -2.30. The Hall–Kier alpha value is -1.89. The van der Waals surface area contributed by atoms with Crippen LogP contribution < -0.4 is 4.72 Å². The number of benzene rings is 2. The molecule has 0 spiro atoms. The number of anilines is 1. The summed E-state index contributed by atoms with van der Waals surface area (Å²) in [6, 6.07) is 13.8. The Morgan fingerprint density at radius 1 is 0.923 bits per heavy atom. The zero-order valence-electron chi connectivity index (χ0n) is 15.7. The Morgan fingerprint density at radius 2 is 1.50 bits per heavy atom. The van der Waals surface area contributed by atoms with Crippen LogP contribution >= 0.6 is 0 Å². The molecule has 0 amide bonds. The van der Waals surface area contributed by atoms with Gasteiger partial charge in [0.1, 0.15) is 0 Å². The fourth-order valence-corrected chi connectivity index (χ4v) is 3.71. The van der Waals surface area contributed by atoms with Gasteiger partial charge >= 0.3 is 0 Å². The first-order valence-corrected chi connectivity index (χ1v) is 10.0. The Morgan fingerprint density at radius 3 is 2.08 bits per heavy atom. The van der Waals surface area contributed by atoms with Gasteiger partial charge in [-0.25, -0.2) is 8.42 Å². The highest BCUT2D eigenvalue weighted by molar-refractivity contribution is 7.92. The Kier molecular flexibility index (Phi) is 4.63. The van der Waals surface area contributed by atoms with Gasteiger partial charge in [-0.3, -0.25) is 4.72 Å². The molecule has 1 heterocycles. The molecule has 1 saturated heterocycles. The summed E-state index contributed by atoms with van der Waals surface area (Å²) >= 11 is 0. The minimum Gasteiger partial charge on any atom is -0.339 e. The standard InChI is InChI=1S/C20H25NO4S/c1-14-9-11-17(12-10-14)26(22,23)21-16-8-6-7-15(13-16)18-24-19(2,3)20(4,5)25-18/h6-13,18,21H,1-5H3.